The van der Waals surface area contributed by atoms with E-state index in [1.165, 1.54) is 32.0 Å². The molecule has 0 radical (unpaired) electrons. The number of ketones is 1. The Labute approximate surface area is 301 Å². The van der Waals surface area contributed by atoms with Crippen molar-refractivity contribution in [2.75, 3.05) is 4.72 Å². The van der Waals surface area contributed by atoms with Crippen molar-refractivity contribution in [3.8, 4) is 0 Å². The minimum Gasteiger partial charge on any atom is -0.548 e. The van der Waals surface area contributed by atoms with Gasteiger partial charge in [0.1, 0.15) is 0 Å². The number of anilines is 1. The zero-order valence-electron chi connectivity index (χ0n) is 28.2. The first kappa shape index (κ1) is 35.6. The van der Waals surface area contributed by atoms with E-state index >= 15 is 0 Å². The Bertz CT molecular complexity index is 2290. The number of fused-ring (bicyclic) bond motifs is 1. The largest absolute Gasteiger partial charge is 0.548 e. The molecule has 10 nitrogen and oxygen atoms in total. The first-order valence-corrected chi connectivity index (χ1v) is 17.9. The molecule has 6 rings (SSSR count). The smallest absolute Gasteiger partial charge is 0.293 e. The minimum absolute atomic E-state index is 0.116. The molecule has 2 N–H and O–H groups in total. The van der Waals surface area contributed by atoms with E-state index in [4.69, 9.17) is 0 Å². The van der Waals surface area contributed by atoms with E-state index in [0.717, 1.165) is 6.07 Å². The summed E-state index contributed by atoms with van der Waals surface area (Å²) in [7, 11) is -4.57. The molecular formula is C41H34N3O7S-. The lowest BCUT2D eigenvalue weighted by Gasteiger charge is -2.42. The molecule has 2 atom stereocenters. The van der Waals surface area contributed by atoms with Crippen LogP contribution < -0.4 is 15.1 Å². The van der Waals surface area contributed by atoms with Crippen molar-refractivity contribution in [2.45, 2.75) is 36.2 Å². The van der Waals surface area contributed by atoms with Gasteiger partial charge in [0.15, 0.2) is 10.7 Å². The van der Waals surface area contributed by atoms with Crippen LogP contribution >= 0.6 is 0 Å². The first-order chi connectivity index (χ1) is 24.9. The number of carbonyl (C=O) groups is 2. The van der Waals surface area contributed by atoms with Gasteiger partial charge < -0.3 is 9.90 Å². The lowest BCUT2D eigenvalue weighted by Crippen LogP contribution is -2.57. The van der Waals surface area contributed by atoms with Gasteiger partial charge in [-0.2, -0.15) is 0 Å². The van der Waals surface area contributed by atoms with E-state index in [9.17, 15) is 33.2 Å². The fourth-order valence-electron chi connectivity index (χ4n) is 6.67. The van der Waals surface area contributed by atoms with Gasteiger partial charge >= 0.3 is 0 Å². The molecule has 0 fully saturated rings. The molecule has 262 valence electrons. The Kier molecular flexibility index (Phi) is 10.0. The van der Waals surface area contributed by atoms with Crippen LogP contribution in [0, 0.1) is 10.1 Å². The summed E-state index contributed by atoms with van der Waals surface area (Å²) in [4.78, 5) is 36.3. The average molecular weight is 713 g/mol. The highest BCUT2D eigenvalue weighted by molar-refractivity contribution is 7.92. The molecule has 0 unspecified atom stereocenters. The van der Waals surface area contributed by atoms with Crippen LogP contribution in [0.1, 0.15) is 52.4 Å². The molecule has 0 aliphatic heterocycles. The summed E-state index contributed by atoms with van der Waals surface area (Å²) < 4.78 is 30.2. The zero-order valence-corrected chi connectivity index (χ0v) is 29.0. The maximum Gasteiger partial charge on any atom is 0.293 e. The highest BCUT2D eigenvalue weighted by Gasteiger charge is 2.41. The van der Waals surface area contributed by atoms with Crippen LogP contribution in [0.5, 0.6) is 0 Å². The standard InChI is InChI=1S/C41H35N3O7S/c1-27(38(40(46)47)42-41(32-13-6-3-7-14-32,33-15-8-4-9-16-33)34-17-10-5-11-18-34)36-19-12-20-37(39(36)44(48)49)52(50,51)43-35-24-23-30-25-29(28(2)45)21-22-31(30)26-35/h3-27,38,42-43H,1-2H3,(H,46,47)/p-1/t27-,38-/m0/s1. The van der Waals surface area contributed by atoms with E-state index in [2.05, 4.69) is 10.0 Å². The molecule has 0 aliphatic rings. The fraction of sp³-hybridized carbons (Fsp3) is 0.122. The molecular weight excluding hydrogens is 679 g/mol. The second-order valence-corrected chi connectivity index (χ2v) is 14.1. The third kappa shape index (κ3) is 6.91. The molecule has 6 aromatic rings. The number of carbonyl (C=O) groups excluding carboxylic acids is 2. The summed E-state index contributed by atoms with van der Waals surface area (Å²) in [6.45, 7) is 2.94. The van der Waals surface area contributed by atoms with Gasteiger partial charge in [0, 0.05) is 22.7 Å². The number of carboxylic acids is 1. The number of para-hydroxylation sites is 1. The van der Waals surface area contributed by atoms with Crippen LogP contribution in [0.2, 0.25) is 0 Å². The Balaban J connectivity index is 1.44. The third-order valence-corrected chi connectivity index (χ3v) is 10.7. The Morgan fingerprint density at radius 1 is 0.712 bits per heavy atom. The van der Waals surface area contributed by atoms with Crippen molar-refractivity contribution in [2.24, 2.45) is 0 Å². The summed E-state index contributed by atoms with van der Waals surface area (Å²) in [5, 5.41) is 30.6. The van der Waals surface area contributed by atoms with Gasteiger partial charge in [-0.1, -0.05) is 128 Å². The number of nitro groups is 1. The number of rotatable bonds is 13. The normalized spacial score (nSPS) is 12.9. The van der Waals surface area contributed by atoms with Gasteiger partial charge in [0.2, 0.25) is 0 Å². The second-order valence-electron chi connectivity index (χ2n) is 12.5. The van der Waals surface area contributed by atoms with E-state index in [-0.39, 0.29) is 17.0 Å². The lowest BCUT2D eigenvalue weighted by molar-refractivity contribution is -0.388. The van der Waals surface area contributed by atoms with Gasteiger partial charge in [-0.25, -0.2) is 8.42 Å². The van der Waals surface area contributed by atoms with Crippen molar-refractivity contribution in [1.29, 1.82) is 0 Å². The highest BCUT2D eigenvalue weighted by atomic mass is 32.2. The molecule has 0 saturated heterocycles. The SMILES string of the molecule is CC(=O)c1ccc2cc(NS(=O)(=O)c3cccc([C@H](C)[C@H](NC(c4ccccc4)(c4ccccc4)c4ccccc4)C(=O)[O-])c3[N+](=O)[O-])ccc2c1. The molecule has 6 aromatic carbocycles. The fourth-order valence-corrected chi connectivity index (χ4v) is 7.92. The van der Waals surface area contributed by atoms with Gasteiger partial charge in [0.05, 0.1) is 22.5 Å². The summed E-state index contributed by atoms with van der Waals surface area (Å²) in [6.07, 6.45) is 0. The number of Topliss-reactive ketones (excluding diaryl/α,β-unsaturated/α-hetero) is 1. The van der Waals surface area contributed by atoms with Crippen LogP contribution in [0.25, 0.3) is 10.8 Å². The van der Waals surface area contributed by atoms with Crippen LogP contribution in [0.4, 0.5) is 11.4 Å². The van der Waals surface area contributed by atoms with E-state index in [1.807, 2.05) is 91.0 Å². The van der Waals surface area contributed by atoms with Gasteiger partial charge in [-0.05, 0) is 58.7 Å². The predicted molar refractivity (Wildman–Crippen MR) is 197 cm³/mol. The van der Waals surface area contributed by atoms with Crippen molar-refractivity contribution in [3.05, 3.63) is 184 Å². The Hall–Kier alpha value is -6.17. The first-order valence-electron chi connectivity index (χ1n) is 16.4. The zero-order chi connectivity index (χ0) is 37.0. The summed E-state index contributed by atoms with van der Waals surface area (Å²) in [5.74, 6) is -2.83. The molecule has 0 heterocycles. The molecule has 0 saturated carbocycles. The maximum absolute atomic E-state index is 13.9. The van der Waals surface area contributed by atoms with Crippen molar-refractivity contribution in [3.63, 3.8) is 0 Å². The number of benzene rings is 6. The highest BCUT2D eigenvalue weighted by Crippen LogP contribution is 2.41. The predicted octanol–water partition coefficient (Wildman–Crippen LogP) is 6.56. The van der Waals surface area contributed by atoms with Gasteiger partial charge in [-0.15, -0.1) is 0 Å². The molecule has 52 heavy (non-hydrogen) atoms. The Morgan fingerprint density at radius 3 is 1.73 bits per heavy atom. The van der Waals surface area contributed by atoms with E-state index in [1.54, 1.807) is 30.3 Å². The van der Waals surface area contributed by atoms with Crippen LogP contribution in [0.3, 0.4) is 0 Å². The van der Waals surface area contributed by atoms with Crippen molar-refractivity contribution in [1.82, 2.24) is 5.32 Å². The minimum atomic E-state index is -4.57. The molecule has 0 amide bonds. The number of hydrogen-bond donors (Lipinski definition) is 2. The molecule has 11 heteroatoms. The van der Waals surface area contributed by atoms with Gasteiger partial charge in [-0.3, -0.25) is 24.9 Å². The quantitative estimate of drug-likeness (QED) is 0.0590. The summed E-state index contributed by atoms with van der Waals surface area (Å²) in [5.41, 5.74) is 0.601. The number of hydrogen-bond acceptors (Lipinski definition) is 8. The average Bonchev–Trinajstić information content (AvgIpc) is 3.15. The number of aliphatic carboxylic acids is 1. The van der Waals surface area contributed by atoms with Crippen molar-refractivity contribution < 1.29 is 28.0 Å². The monoisotopic (exact) mass is 712 g/mol. The lowest BCUT2D eigenvalue weighted by atomic mass is 9.75. The van der Waals surface area contributed by atoms with Crippen LogP contribution in [-0.2, 0) is 20.4 Å². The summed E-state index contributed by atoms with van der Waals surface area (Å²) in [6, 6.07) is 39.6. The number of nitrogens with one attached hydrogen (secondary N) is 2. The van der Waals surface area contributed by atoms with Crippen LogP contribution in [0.15, 0.2) is 150 Å². The number of nitro benzene ring substituents is 1. The number of nitrogens with zero attached hydrogens (tertiary/aromatic N) is 1. The summed E-state index contributed by atoms with van der Waals surface area (Å²) >= 11 is 0. The number of carboxylic acid groups (broad SMARTS) is 1. The third-order valence-electron chi connectivity index (χ3n) is 9.24. The van der Waals surface area contributed by atoms with Gasteiger partial charge in [0.25, 0.3) is 15.7 Å². The van der Waals surface area contributed by atoms with E-state index < -0.39 is 49.0 Å². The number of sulfonamides is 1. The second kappa shape index (κ2) is 14.6. The molecule has 0 aliphatic carbocycles. The maximum atomic E-state index is 13.9. The van der Waals surface area contributed by atoms with Crippen LogP contribution in [-0.4, -0.2) is 31.1 Å². The van der Waals surface area contributed by atoms with E-state index in [0.29, 0.717) is 33.0 Å². The van der Waals surface area contributed by atoms with Crippen molar-refractivity contribution >= 4 is 43.9 Å². The molecule has 0 aromatic heterocycles. The molecule has 0 bridgehead atoms. The Morgan fingerprint density at radius 2 is 1.23 bits per heavy atom. The molecule has 0 spiro atoms. The topological polar surface area (TPSA) is 159 Å².